The van der Waals surface area contributed by atoms with Gasteiger partial charge in [-0.2, -0.15) is 0 Å². The Labute approximate surface area is 134 Å². The third-order valence-corrected chi connectivity index (χ3v) is 3.90. The van der Waals surface area contributed by atoms with E-state index in [9.17, 15) is 0 Å². The first-order valence-electron chi connectivity index (χ1n) is 8.23. The van der Waals surface area contributed by atoms with Gasteiger partial charge >= 0.3 is 0 Å². The van der Waals surface area contributed by atoms with E-state index >= 15 is 0 Å². The summed E-state index contributed by atoms with van der Waals surface area (Å²) in [5, 5.41) is 0. The topological polar surface area (TPSA) is 9.23 Å². The molecule has 0 saturated carbocycles. The Morgan fingerprint density at radius 2 is 1.64 bits per heavy atom. The van der Waals surface area contributed by atoms with Crippen molar-refractivity contribution in [3.63, 3.8) is 0 Å². The van der Waals surface area contributed by atoms with Crippen molar-refractivity contribution < 1.29 is 4.74 Å². The van der Waals surface area contributed by atoms with Crippen molar-refractivity contribution in [1.82, 2.24) is 0 Å². The average Bonchev–Trinajstić information content (AvgIpc) is 2.59. The third kappa shape index (κ3) is 5.07. The van der Waals surface area contributed by atoms with Gasteiger partial charge < -0.3 is 4.74 Å². The van der Waals surface area contributed by atoms with Crippen LogP contribution in [0.1, 0.15) is 50.2 Å². The van der Waals surface area contributed by atoms with Crippen LogP contribution in [0.3, 0.4) is 0 Å². The predicted octanol–water partition coefficient (Wildman–Crippen LogP) is 6.21. The summed E-state index contributed by atoms with van der Waals surface area (Å²) in [4.78, 5) is 0. The molecule has 0 bridgehead atoms. The van der Waals surface area contributed by atoms with Gasteiger partial charge in [-0.05, 0) is 41.7 Å². The maximum Gasteiger partial charge on any atom is 0.118 e. The molecule has 0 aliphatic carbocycles. The molecule has 0 aliphatic heterocycles. The summed E-state index contributed by atoms with van der Waals surface area (Å²) in [6.07, 6.45) is 8.61. The van der Waals surface area contributed by atoms with Crippen LogP contribution in [0.5, 0.6) is 5.75 Å². The number of allylic oxidation sites excluding steroid dienone is 1. The number of unbranched alkanes of at least 4 members (excludes halogenated alkanes) is 3. The fourth-order valence-corrected chi connectivity index (χ4v) is 2.60. The number of rotatable bonds is 8. The lowest BCUT2D eigenvalue weighted by Crippen LogP contribution is -1.87. The maximum absolute atomic E-state index is 5.23. The van der Waals surface area contributed by atoms with E-state index in [1.807, 2.05) is 12.1 Å². The highest BCUT2D eigenvalue weighted by Gasteiger charge is 2.02. The molecule has 0 radical (unpaired) electrons. The lowest BCUT2D eigenvalue weighted by atomic mass is 9.97. The summed E-state index contributed by atoms with van der Waals surface area (Å²) in [5.41, 5.74) is 3.98. The molecule has 0 spiro atoms. The molecule has 0 N–H and O–H groups in total. The summed E-state index contributed by atoms with van der Waals surface area (Å²) in [6, 6.07) is 19.0. The van der Waals surface area contributed by atoms with Gasteiger partial charge in [0.15, 0.2) is 0 Å². The van der Waals surface area contributed by atoms with Gasteiger partial charge in [-0.25, -0.2) is 0 Å². The molecular weight excluding hydrogens is 268 g/mol. The van der Waals surface area contributed by atoms with Crippen LogP contribution in [0.4, 0.5) is 0 Å². The molecule has 116 valence electrons. The Morgan fingerprint density at radius 3 is 2.27 bits per heavy atom. The Bertz CT molecular complexity index is 567. The third-order valence-electron chi connectivity index (χ3n) is 3.90. The molecular formula is C21H26O. The first-order chi connectivity index (χ1) is 10.8. The van der Waals surface area contributed by atoms with E-state index in [-0.39, 0.29) is 0 Å². The van der Waals surface area contributed by atoms with Crippen LogP contribution in [0.2, 0.25) is 0 Å². The second kappa shape index (κ2) is 9.09. The van der Waals surface area contributed by atoms with Gasteiger partial charge in [0.2, 0.25) is 0 Å². The van der Waals surface area contributed by atoms with Crippen molar-refractivity contribution in [2.24, 2.45) is 0 Å². The summed E-state index contributed by atoms with van der Waals surface area (Å²) >= 11 is 0. The molecule has 0 atom stereocenters. The molecule has 0 aliphatic rings. The summed E-state index contributed by atoms with van der Waals surface area (Å²) in [5.74, 6) is 0.904. The number of ether oxygens (including phenoxy) is 1. The van der Waals surface area contributed by atoms with Crippen LogP contribution in [-0.2, 0) is 0 Å². The molecule has 0 fully saturated rings. The normalized spacial score (nSPS) is 11.5. The van der Waals surface area contributed by atoms with Gasteiger partial charge in [0.05, 0.1) is 7.11 Å². The zero-order chi connectivity index (χ0) is 15.6. The van der Waals surface area contributed by atoms with Crippen LogP contribution in [0, 0.1) is 0 Å². The van der Waals surface area contributed by atoms with E-state index in [0.717, 1.165) is 12.2 Å². The van der Waals surface area contributed by atoms with Crippen molar-refractivity contribution in [2.45, 2.75) is 39.0 Å². The zero-order valence-electron chi connectivity index (χ0n) is 13.7. The van der Waals surface area contributed by atoms with Crippen molar-refractivity contribution in [3.8, 4) is 5.75 Å². The lowest BCUT2D eigenvalue weighted by Gasteiger charge is -2.09. The van der Waals surface area contributed by atoms with Gasteiger partial charge in [0.1, 0.15) is 5.75 Å². The average molecular weight is 294 g/mol. The van der Waals surface area contributed by atoms with Crippen LogP contribution in [0.25, 0.3) is 11.6 Å². The van der Waals surface area contributed by atoms with E-state index in [1.54, 1.807) is 7.11 Å². The van der Waals surface area contributed by atoms with E-state index in [4.69, 9.17) is 4.74 Å². The monoisotopic (exact) mass is 294 g/mol. The van der Waals surface area contributed by atoms with Gasteiger partial charge in [-0.1, -0.05) is 74.7 Å². The fraction of sp³-hybridized carbons (Fsp3) is 0.333. The number of hydrogen-bond acceptors (Lipinski definition) is 1. The van der Waals surface area contributed by atoms with Crippen molar-refractivity contribution in [1.29, 1.82) is 0 Å². The highest BCUT2D eigenvalue weighted by Crippen LogP contribution is 2.25. The Kier molecular flexibility index (Phi) is 6.76. The lowest BCUT2D eigenvalue weighted by molar-refractivity contribution is 0.415. The second-order valence-electron chi connectivity index (χ2n) is 5.62. The standard InChI is InChI=1S/C21H26O/c1-3-4-5-7-12-20(19-10-8-6-9-11-19)17-18-13-15-21(22-2)16-14-18/h6,8-11,13-17H,3-5,7,12H2,1-2H3/b20-17-. The van der Waals surface area contributed by atoms with E-state index in [2.05, 4.69) is 55.5 Å². The van der Waals surface area contributed by atoms with Crippen LogP contribution >= 0.6 is 0 Å². The quantitative estimate of drug-likeness (QED) is 0.415. The van der Waals surface area contributed by atoms with Crippen LogP contribution < -0.4 is 4.74 Å². The van der Waals surface area contributed by atoms with Gasteiger partial charge in [0.25, 0.3) is 0 Å². The molecule has 0 unspecified atom stereocenters. The summed E-state index contributed by atoms with van der Waals surface area (Å²) in [7, 11) is 1.70. The fourth-order valence-electron chi connectivity index (χ4n) is 2.60. The van der Waals surface area contributed by atoms with E-state index < -0.39 is 0 Å². The van der Waals surface area contributed by atoms with Crippen molar-refractivity contribution in [2.75, 3.05) is 7.11 Å². The largest absolute Gasteiger partial charge is 0.497 e. The van der Waals surface area contributed by atoms with Gasteiger partial charge in [-0.3, -0.25) is 0 Å². The molecule has 22 heavy (non-hydrogen) atoms. The second-order valence-corrected chi connectivity index (χ2v) is 5.62. The Hall–Kier alpha value is -2.02. The molecule has 0 amide bonds. The molecule has 2 aromatic rings. The number of methoxy groups -OCH3 is 1. The summed E-state index contributed by atoms with van der Waals surface area (Å²) < 4.78 is 5.23. The first-order valence-corrected chi connectivity index (χ1v) is 8.23. The Balaban J connectivity index is 2.16. The highest BCUT2D eigenvalue weighted by molar-refractivity contribution is 5.81. The molecule has 2 rings (SSSR count). The smallest absolute Gasteiger partial charge is 0.118 e. The van der Waals surface area contributed by atoms with Crippen LogP contribution in [0.15, 0.2) is 54.6 Å². The van der Waals surface area contributed by atoms with Gasteiger partial charge in [-0.15, -0.1) is 0 Å². The molecule has 0 heterocycles. The molecule has 2 aromatic carbocycles. The minimum atomic E-state index is 0.904. The summed E-state index contributed by atoms with van der Waals surface area (Å²) in [6.45, 7) is 2.26. The van der Waals surface area contributed by atoms with E-state index in [0.29, 0.717) is 0 Å². The van der Waals surface area contributed by atoms with Gasteiger partial charge in [0, 0.05) is 0 Å². The molecule has 1 nitrogen and oxygen atoms in total. The van der Waals surface area contributed by atoms with E-state index in [1.165, 1.54) is 42.4 Å². The first kappa shape index (κ1) is 16.4. The van der Waals surface area contributed by atoms with Crippen LogP contribution in [-0.4, -0.2) is 7.11 Å². The molecule has 0 saturated heterocycles. The maximum atomic E-state index is 5.23. The molecule has 1 heteroatoms. The number of hydrogen-bond donors (Lipinski definition) is 0. The Morgan fingerprint density at radius 1 is 0.909 bits per heavy atom. The number of benzene rings is 2. The predicted molar refractivity (Wildman–Crippen MR) is 96.1 cm³/mol. The SMILES string of the molecule is CCCCCC/C(=C/c1ccc(OC)cc1)c1ccccc1. The minimum Gasteiger partial charge on any atom is -0.497 e. The van der Waals surface area contributed by atoms with Crippen molar-refractivity contribution >= 4 is 11.6 Å². The minimum absolute atomic E-state index is 0.904. The highest BCUT2D eigenvalue weighted by atomic mass is 16.5. The molecule has 0 aromatic heterocycles. The van der Waals surface area contributed by atoms with Crippen molar-refractivity contribution in [3.05, 3.63) is 65.7 Å². The zero-order valence-corrected chi connectivity index (χ0v) is 13.7.